The number of carbonyl (C=O) groups excluding carboxylic acids is 1. The minimum atomic E-state index is -4.05. The van der Waals surface area contributed by atoms with Crippen molar-refractivity contribution >= 4 is 45.1 Å². The minimum Gasteiger partial charge on any atom is -0.384 e. The van der Waals surface area contributed by atoms with Crippen LogP contribution in [0.15, 0.2) is 77.8 Å². The minimum absolute atomic E-state index is 0.0663. The van der Waals surface area contributed by atoms with E-state index in [-0.39, 0.29) is 29.2 Å². The molecule has 0 spiro atoms. The maximum Gasteiger partial charge on any atom is 0.315 e. The predicted octanol–water partition coefficient (Wildman–Crippen LogP) is 5.04. The number of amides is 2. The smallest absolute Gasteiger partial charge is 0.315 e. The summed E-state index contributed by atoms with van der Waals surface area (Å²) in [5, 5.41) is 14.5. The molecule has 230 valence electrons. The number of sulfonamides is 1. The molecule has 2 heterocycles. The molecule has 1 aliphatic heterocycles. The van der Waals surface area contributed by atoms with E-state index in [1.54, 1.807) is 60.8 Å². The van der Waals surface area contributed by atoms with E-state index >= 15 is 0 Å². The number of nitrogens with two attached hydrogens (primary N) is 1. The quantitative estimate of drug-likeness (QED) is 0.120. The van der Waals surface area contributed by atoms with Gasteiger partial charge in [-0.25, -0.2) is 22.9 Å². The van der Waals surface area contributed by atoms with Crippen LogP contribution < -0.4 is 21.1 Å². The maximum absolute atomic E-state index is 13.9. The van der Waals surface area contributed by atoms with E-state index in [9.17, 15) is 13.2 Å². The molecule has 2 atom stereocenters. The Morgan fingerprint density at radius 3 is 2.68 bits per heavy atom. The Bertz CT molecular complexity index is 1810. The van der Waals surface area contributed by atoms with Crippen LogP contribution >= 0.6 is 23.2 Å². The number of hydrogen-bond donors (Lipinski definition) is 5. The number of nitrogen functional groups attached to an aromatic ring is 1. The van der Waals surface area contributed by atoms with Crippen LogP contribution in [0, 0.1) is 5.41 Å². The number of nitrogens with one attached hydrogen (secondary N) is 4. The van der Waals surface area contributed by atoms with Gasteiger partial charge in [0.2, 0.25) is 10.0 Å². The van der Waals surface area contributed by atoms with Gasteiger partial charge in [0, 0.05) is 58.6 Å². The van der Waals surface area contributed by atoms with Gasteiger partial charge in [0.25, 0.3) is 0 Å². The van der Waals surface area contributed by atoms with Crippen molar-refractivity contribution in [3.63, 3.8) is 0 Å². The van der Waals surface area contributed by atoms with Crippen molar-refractivity contribution in [3.05, 3.63) is 106 Å². The second-order valence-corrected chi connectivity index (χ2v) is 13.2. The van der Waals surface area contributed by atoms with Crippen LogP contribution in [0.4, 0.5) is 4.79 Å². The lowest BCUT2D eigenvalue weighted by Gasteiger charge is -2.28. The summed E-state index contributed by atoms with van der Waals surface area (Å²) in [6.45, 7) is 2.94. The van der Waals surface area contributed by atoms with Gasteiger partial charge in [0.1, 0.15) is 11.7 Å². The molecule has 3 aromatic carbocycles. The lowest BCUT2D eigenvalue weighted by Crippen LogP contribution is -2.45. The Morgan fingerprint density at radius 1 is 1.14 bits per heavy atom. The molecule has 2 unspecified atom stereocenters. The first-order valence-electron chi connectivity index (χ1n) is 14.1. The summed E-state index contributed by atoms with van der Waals surface area (Å²) in [6.07, 6.45) is 3.22. The first-order valence-corrected chi connectivity index (χ1v) is 16.4. The van der Waals surface area contributed by atoms with E-state index in [1.165, 1.54) is 6.07 Å². The molecule has 0 fully saturated rings. The van der Waals surface area contributed by atoms with Crippen LogP contribution in [0.25, 0.3) is 11.1 Å². The number of amidine groups is 1. The lowest BCUT2D eigenvalue weighted by molar-refractivity contribution is 0.234. The van der Waals surface area contributed by atoms with Crippen molar-refractivity contribution in [2.45, 2.75) is 49.7 Å². The van der Waals surface area contributed by atoms with Crippen LogP contribution in [-0.2, 0) is 29.4 Å². The number of rotatable bonds is 10. The third-order valence-electron chi connectivity index (χ3n) is 7.47. The zero-order valence-electron chi connectivity index (χ0n) is 24.0. The fraction of sp³-hybridized carbons (Fsp3) is 0.258. The Labute approximate surface area is 266 Å². The number of hydrogen-bond acceptors (Lipinski definition) is 5. The molecule has 10 nitrogen and oxygen atoms in total. The molecule has 0 radical (unpaired) electrons. The van der Waals surface area contributed by atoms with Crippen molar-refractivity contribution in [1.29, 1.82) is 5.41 Å². The van der Waals surface area contributed by atoms with Crippen LogP contribution in [0.1, 0.15) is 42.0 Å². The van der Waals surface area contributed by atoms with Gasteiger partial charge < -0.3 is 20.9 Å². The number of aromatic nitrogens is 2. The molecule has 0 bridgehead atoms. The molecule has 1 aliphatic rings. The predicted molar refractivity (Wildman–Crippen MR) is 173 cm³/mol. The van der Waals surface area contributed by atoms with E-state index in [2.05, 4.69) is 20.3 Å². The van der Waals surface area contributed by atoms with Crippen LogP contribution in [0.3, 0.4) is 0 Å². The monoisotopic (exact) mass is 653 g/mol. The van der Waals surface area contributed by atoms with Crippen LogP contribution in [0.5, 0.6) is 0 Å². The van der Waals surface area contributed by atoms with Gasteiger partial charge in [0.15, 0.2) is 0 Å². The molecule has 6 N–H and O–H groups in total. The first kappa shape index (κ1) is 31.5. The largest absolute Gasteiger partial charge is 0.384 e. The van der Waals surface area contributed by atoms with E-state index in [0.29, 0.717) is 58.5 Å². The highest BCUT2D eigenvalue weighted by Crippen LogP contribution is 2.32. The SMILES string of the molecule is CCNC(=O)NC1CCn2c(cnc2C(Cc2cccc(C(=N)N)c2)NS(=O)(=O)c2cccc(-c3ccc(Cl)cc3Cl)c2)C1. The average molecular weight is 655 g/mol. The van der Waals surface area contributed by atoms with Crippen molar-refractivity contribution in [2.24, 2.45) is 5.73 Å². The fourth-order valence-corrected chi connectivity index (χ4v) is 7.14. The Kier molecular flexibility index (Phi) is 9.59. The summed E-state index contributed by atoms with van der Waals surface area (Å²) in [5.74, 6) is 0.482. The van der Waals surface area contributed by atoms with Gasteiger partial charge in [-0.15, -0.1) is 0 Å². The van der Waals surface area contributed by atoms with Gasteiger partial charge in [0.05, 0.1) is 10.9 Å². The molecule has 4 aromatic rings. The summed E-state index contributed by atoms with van der Waals surface area (Å²) in [7, 11) is -4.05. The van der Waals surface area contributed by atoms with E-state index in [4.69, 9.17) is 34.3 Å². The van der Waals surface area contributed by atoms with Crippen molar-refractivity contribution < 1.29 is 13.2 Å². The number of halogens is 2. The molecule has 44 heavy (non-hydrogen) atoms. The fourth-order valence-electron chi connectivity index (χ4n) is 5.38. The third-order valence-corrected chi connectivity index (χ3v) is 9.49. The molecule has 0 saturated heterocycles. The zero-order valence-corrected chi connectivity index (χ0v) is 26.3. The summed E-state index contributed by atoms with van der Waals surface area (Å²) in [4.78, 5) is 16.8. The third kappa shape index (κ3) is 7.24. The summed E-state index contributed by atoms with van der Waals surface area (Å²) < 4.78 is 32.7. The van der Waals surface area contributed by atoms with Gasteiger partial charge in [-0.1, -0.05) is 59.6 Å². The molecule has 2 amide bonds. The second-order valence-electron chi connectivity index (χ2n) is 10.6. The highest BCUT2D eigenvalue weighted by Gasteiger charge is 2.30. The van der Waals surface area contributed by atoms with Gasteiger partial charge in [-0.3, -0.25) is 5.41 Å². The molecule has 13 heteroatoms. The molecular weight excluding hydrogens is 621 g/mol. The molecule has 0 aliphatic carbocycles. The highest BCUT2D eigenvalue weighted by atomic mass is 35.5. The standard InChI is InChI=1S/C31H33Cl2N7O3S/c1-2-36-31(41)38-23-11-12-40-24(17-23)18-37-30(40)28(14-19-5-3-7-21(13-19)29(34)35)39-44(42,43)25-8-4-6-20(15-25)26-10-9-22(32)16-27(26)33/h3-10,13,15-16,18,23,28,39H,2,11-12,14,17H2,1H3,(H3,34,35)(H2,36,38,41). The van der Waals surface area contributed by atoms with Gasteiger partial charge >= 0.3 is 6.03 Å². The second kappa shape index (κ2) is 13.4. The molecular formula is C31H33Cl2N7O3S. The van der Waals surface area contributed by atoms with Gasteiger partial charge in [-0.05, 0) is 61.2 Å². The van der Waals surface area contributed by atoms with E-state index < -0.39 is 16.1 Å². The molecule has 0 saturated carbocycles. The average Bonchev–Trinajstić information content (AvgIpc) is 3.40. The number of imidazole rings is 1. The Hall–Kier alpha value is -3.90. The summed E-state index contributed by atoms with van der Waals surface area (Å²) in [6, 6.07) is 17.7. The first-order chi connectivity index (χ1) is 21.0. The van der Waals surface area contributed by atoms with Crippen LogP contribution in [-0.4, -0.2) is 42.4 Å². The maximum atomic E-state index is 13.9. The number of carbonyl (C=O) groups is 1. The molecule has 5 rings (SSSR count). The highest BCUT2D eigenvalue weighted by molar-refractivity contribution is 7.89. The number of urea groups is 1. The summed E-state index contributed by atoms with van der Waals surface area (Å²) >= 11 is 12.5. The number of nitrogens with zero attached hydrogens (tertiary/aromatic N) is 2. The Morgan fingerprint density at radius 2 is 1.93 bits per heavy atom. The van der Waals surface area contributed by atoms with Crippen molar-refractivity contribution in [1.82, 2.24) is 24.9 Å². The normalized spacial score (nSPS) is 15.3. The number of fused-ring (bicyclic) bond motifs is 1. The van der Waals surface area contributed by atoms with E-state index in [1.807, 2.05) is 17.6 Å². The topological polar surface area (TPSA) is 155 Å². The van der Waals surface area contributed by atoms with E-state index in [0.717, 1.165) is 11.3 Å². The van der Waals surface area contributed by atoms with Gasteiger partial charge in [-0.2, -0.15) is 0 Å². The van der Waals surface area contributed by atoms with Crippen molar-refractivity contribution in [3.8, 4) is 11.1 Å². The van der Waals surface area contributed by atoms with Crippen LogP contribution in [0.2, 0.25) is 10.0 Å². The zero-order chi connectivity index (χ0) is 31.4. The lowest BCUT2D eigenvalue weighted by atomic mass is 10.0. The molecule has 1 aromatic heterocycles. The summed E-state index contributed by atoms with van der Waals surface area (Å²) in [5.41, 5.74) is 9.24. The number of benzene rings is 3. The Balaban J connectivity index is 1.47. The van der Waals surface area contributed by atoms with Crippen molar-refractivity contribution in [2.75, 3.05) is 6.54 Å².